The molecule has 0 amide bonds. The molecule has 20 heavy (non-hydrogen) atoms. The van der Waals surface area contributed by atoms with Crippen molar-refractivity contribution in [1.82, 2.24) is 5.32 Å². The molecule has 6 heteroatoms. The van der Waals surface area contributed by atoms with Crippen LogP contribution < -0.4 is 10.0 Å². The molecule has 2 N–H and O–H groups in total. The van der Waals surface area contributed by atoms with Crippen LogP contribution in [0, 0.1) is 12.7 Å². The van der Waals surface area contributed by atoms with Gasteiger partial charge in [-0.2, -0.15) is 0 Å². The van der Waals surface area contributed by atoms with Crippen LogP contribution in [-0.4, -0.2) is 27.3 Å². The van der Waals surface area contributed by atoms with Crippen LogP contribution >= 0.6 is 0 Å². The molecule has 0 aliphatic carbocycles. The molecule has 0 unspecified atom stereocenters. The predicted octanol–water partition coefficient (Wildman–Crippen LogP) is 2.66. The minimum Gasteiger partial charge on any atom is -0.317 e. The molecule has 0 saturated heterocycles. The molecule has 0 spiro atoms. The van der Waals surface area contributed by atoms with Crippen LogP contribution in [0.15, 0.2) is 18.2 Å². The van der Waals surface area contributed by atoms with Crippen molar-refractivity contribution in [3.8, 4) is 0 Å². The molecule has 0 aliphatic rings. The van der Waals surface area contributed by atoms with Gasteiger partial charge in [0.25, 0.3) is 0 Å². The first kappa shape index (κ1) is 16.9. The number of unbranched alkanes of at least 4 members (excludes halogenated alkanes) is 1. The lowest BCUT2D eigenvalue weighted by atomic mass is 10.2. The molecule has 0 aromatic heterocycles. The summed E-state index contributed by atoms with van der Waals surface area (Å²) < 4.78 is 39.3. The van der Waals surface area contributed by atoms with Gasteiger partial charge in [-0.25, -0.2) is 12.8 Å². The van der Waals surface area contributed by atoms with Crippen molar-refractivity contribution in [2.75, 3.05) is 23.6 Å². The molecular weight excluding hydrogens is 279 g/mol. The lowest BCUT2D eigenvalue weighted by Gasteiger charge is -2.10. The highest BCUT2D eigenvalue weighted by Gasteiger charge is 2.12. The monoisotopic (exact) mass is 302 g/mol. The molecular formula is C14H23FN2O2S. The third-order valence-electron chi connectivity index (χ3n) is 2.91. The maximum absolute atomic E-state index is 13.1. The first-order valence-corrected chi connectivity index (χ1v) is 8.57. The molecule has 1 rings (SSSR count). The predicted molar refractivity (Wildman–Crippen MR) is 80.9 cm³/mol. The molecule has 0 saturated carbocycles. The summed E-state index contributed by atoms with van der Waals surface area (Å²) in [6.45, 7) is 5.60. The number of hydrogen-bond acceptors (Lipinski definition) is 3. The highest BCUT2D eigenvalue weighted by Crippen LogP contribution is 2.17. The van der Waals surface area contributed by atoms with Crippen molar-refractivity contribution in [3.05, 3.63) is 29.6 Å². The molecule has 0 heterocycles. The summed E-state index contributed by atoms with van der Waals surface area (Å²) in [6, 6.07) is 4.07. The molecule has 114 valence electrons. The number of anilines is 1. The van der Waals surface area contributed by atoms with Gasteiger partial charge in [0.05, 0.1) is 11.4 Å². The van der Waals surface area contributed by atoms with Gasteiger partial charge in [-0.15, -0.1) is 0 Å². The average molecular weight is 302 g/mol. The number of sulfonamides is 1. The first-order chi connectivity index (χ1) is 9.44. The van der Waals surface area contributed by atoms with Crippen LogP contribution in [-0.2, 0) is 10.0 Å². The normalized spacial score (nSPS) is 11.6. The topological polar surface area (TPSA) is 58.2 Å². The summed E-state index contributed by atoms with van der Waals surface area (Å²) in [6.07, 6.45) is 2.46. The van der Waals surface area contributed by atoms with Crippen LogP contribution in [0.5, 0.6) is 0 Å². The summed E-state index contributed by atoms with van der Waals surface area (Å²) in [5, 5.41) is 3.22. The molecule has 0 bridgehead atoms. The van der Waals surface area contributed by atoms with E-state index in [1.165, 1.54) is 12.1 Å². The SMILES string of the molecule is CCCNCCCCS(=O)(=O)Nc1cc(F)ccc1C. The zero-order valence-electron chi connectivity index (χ0n) is 12.1. The van der Waals surface area contributed by atoms with E-state index in [0.29, 0.717) is 17.7 Å². The second kappa shape index (κ2) is 8.21. The van der Waals surface area contributed by atoms with E-state index in [0.717, 1.165) is 25.9 Å². The quantitative estimate of drug-likeness (QED) is 0.690. The minimum absolute atomic E-state index is 0.0523. The Bertz CT molecular complexity index is 518. The molecule has 0 fully saturated rings. The van der Waals surface area contributed by atoms with Crippen molar-refractivity contribution in [2.45, 2.75) is 33.1 Å². The Morgan fingerprint density at radius 2 is 1.95 bits per heavy atom. The second-order valence-corrected chi connectivity index (χ2v) is 6.68. The fourth-order valence-corrected chi connectivity index (χ4v) is 3.01. The zero-order chi connectivity index (χ0) is 15.0. The fourth-order valence-electron chi connectivity index (χ4n) is 1.77. The van der Waals surface area contributed by atoms with E-state index in [1.807, 2.05) is 0 Å². The maximum Gasteiger partial charge on any atom is 0.232 e. The largest absolute Gasteiger partial charge is 0.317 e. The van der Waals surface area contributed by atoms with E-state index < -0.39 is 15.8 Å². The Morgan fingerprint density at radius 3 is 2.65 bits per heavy atom. The fraction of sp³-hybridized carbons (Fsp3) is 0.571. The van der Waals surface area contributed by atoms with Crippen molar-refractivity contribution in [2.24, 2.45) is 0 Å². The molecule has 0 aliphatic heterocycles. The van der Waals surface area contributed by atoms with Gasteiger partial charge in [0.2, 0.25) is 10.0 Å². The number of halogens is 1. The molecule has 0 atom stereocenters. The number of nitrogens with one attached hydrogen (secondary N) is 2. The Morgan fingerprint density at radius 1 is 1.20 bits per heavy atom. The highest BCUT2D eigenvalue weighted by atomic mass is 32.2. The van der Waals surface area contributed by atoms with E-state index in [9.17, 15) is 12.8 Å². The van der Waals surface area contributed by atoms with E-state index in [-0.39, 0.29) is 5.75 Å². The number of benzene rings is 1. The van der Waals surface area contributed by atoms with E-state index in [2.05, 4.69) is 17.0 Å². The van der Waals surface area contributed by atoms with Crippen LogP contribution in [0.4, 0.5) is 10.1 Å². The second-order valence-electron chi connectivity index (χ2n) is 4.84. The number of hydrogen-bond donors (Lipinski definition) is 2. The highest BCUT2D eigenvalue weighted by molar-refractivity contribution is 7.92. The van der Waals surface area contributed by atoms with Gasteiger partial charge in [-0.05, 0) is 57.0 Å². The summed E-state index contributed by atoms with van der Waals surface area (Å²) in [7, 11) is -3.41. The Labute approximate surface area is 120 Å². The first-order valence-electron chi connectivity index (χ1n) is 6.92. The number of aryl methyl sites for hydroxylation is 1. The van der Waals surface area contributed by atoms with Gasteiger partial charge in [0.1, 0.15) is 5.82 Å². The van der Waals surface area contributed by atoms with E-state index >= 15 is 0 Å². The summed E-state index contributed by atoms with van der Waals surface area (Å²) >= 11 is 0. The third kappa shape index (κ3) is 6.34. The maximum atomic E-state index is 13.1. The standard InChI is InChI=1S/C14H23FN2O2S/c1-3-8-16-9-4-5-10-20(18,19)17-14-11-13(15)7-6-12(14)2/h6-7,11,16-17H,3-5,8-10H2,1-2H3. The van der Waals surface area contributed by atoms with Gasteiger partial charge in [-0.3, -0.25) is 4.72 Å². The van der Waals surface area contributed by atoms with Gasteiger partial charge in [-0.1, -0.05) is 13.0 Å². The van der Waals surface area contributed by atoms with E-state index in [4.69, 9.17) is 0 Å². The van der Waals surface area contributed by atoms with Crippen molar-refractivity contribution in [3.63, 3.8) is 0 Å². The molecule has 0 radical (unpaired) electrons. The van der Waals surface area contributed by atoms with Crippen molar-refractivity contribution < 1.29 is 12.8 Å². The summed E-state index contributed by atoms with van der Waals surface area (Å²) in [5.41, 5.74) is 1.02. The Hall–Kier alpha value is -1.14. The van der Waals surface area contributed by atoms with Crippen LogP contribution in [0.1, 0.15) is 31.7 Å². The van der Waals surface area contributed by atoms with Gasteiger partial charge >= 0.3 is 0 Å². The minimum atomic E-state index is -3.41. The Kier molecular flexibility index (Phi) is 6.95. The summed E-state index contributed by atoms with van der Waals surface area (Å²) in [5.74, 6) is -0.395. The number of rotatable bonds is 9. The lowest BCUT2D eigenvalue weighted by Crippen LogP contribution is -2.20. The Balaban J connectivity index is 2.43. The summed E-state index contributed by atoms with van der Waals surface area (Å²) in [4.78, 5) is 0. The van der Waals surface area contributed by atoms with E-state index in [1.54, 1.807) is 13.0 Å². The van der Waals surface area contributed by atoms with Crippen molar-refractivity contribution in [1.29, 1.82) is 0 Å². The van der Waals surface area contributed by atoms with Crippen molar-refractivity contribution >= 4 is 15.7 Å². The van der Waals surface area contributed by atoms with Gasteiger partial charge < -0.3 is 5.32 Å². The van der Waals surface area contributed by atoms with Gasteiger partial charge in [0.15, 0.2) is 0 Å². The van der Waals surface area contributed by atoms with Crippen LogP contribution in [0.2, 0.25) is 0 Å². The smallest absolute Gasteiger partial charge is 0.232 e. The average Bonchev–Trinajstić information content (AvgIpc) is 2.38. The molecule has 1 aromatic rings. The molecule has 1 aromatic carbocycles. The van der Waals surface area contributed by atoms with Gasteiger partial charge in [0, 0.05) is 0 Å². The van der Waals surface area contributed by atoms with Crippen LogP contribution in [0.3, 0.4) is 0 Å². The lowest BCUT2D eigenvalue weighted by molar-refractivity contribution is 0.590. The van der Waals surface area contributed by atoms with Crippen LogP contribution in [0.25, 0.3) is 0 Å². The third-order valence-corrected chi connectivity index (χ3v) is 4.27. The molecule has 4 nitrogen and oxygen atoms in total. The zero-order valence-corrected chi connectivity index (χ0v) is 12.9.